The molecule has 0 saturated heterocycles. The number of nitrogens with zero attached hydrogens (tertiary/aromatic N) is 1. The zero-order chi connectivity index (χ0) is 10.7. The van der Waals surface area contributed by atoms with Crippen LogP contribution in [0.5, 0.6) is 5.75 Å². The van der Waals surface area contributed by atoms with Gasteiger partial charge in [0.1, 0.15) is 10.8 Å². The summed E-state index contributed by atoms with van der Waals surface area (Å²) in [5.74, 6) is -0.106. The van der Waals surface area contributed by atoms with E-state index in [1.54, 1.807) is 0 Å². The van der Waals surface area contributed by atoms with Crippen LogP contribution in [-0.4, -0.2) is 11.8 Å². The summed E-state index contributed by atoms with van der Waals surface area (Å²) in [4.78, 5) is 9.73. The van der Waals surface area contributed by atoms with Gasteiger partial charge in [-0.15, -0.1) is 0 Å². The average molecular weight is 240 g/mol. The van der Waals surface area contributed by atoms with Crippen molar-refractivity contribution in [3.05, 3.63) is 32.3 Å². The lowest BCUT2D eigenvalue weighted by Crippen LogP contribution is -1.95. The molecule has 0 spiro atoms. The molecule has 0 aliphatic rings. The fourth-order valence-electron chi connectivity index (χ4n) is 0.860. The lowest BCUT2D eigenvalue weighted by Gasteiger charge is -2.04. The van der Waals surface area contributed by atoms with Crippen molar-refractivity contribution < 1.29 is 14.1 Å². The minimum Gasteiger partial charge on any atom is -0.461 e. The Labute approximate surface area is 88.3 Å². The third kappa shape index (κ3) is 2.05. The van der Waals surface area contributed by atoms with Crippen LogP contribution in [0.1, 0.15) is 0 Å². The monoisotopic (exact) mass is 239 g/mol. The summed E-state index contributed by atoms with van der Waals surface area (Å²) in [7, 11) is 0. The molecular weight excluding hydrogens is 236 g/mol. The minimum atomic E-state index is -1.11. The van der Waals surface area contributed by atoms with Gasteiger partial charge in [-0.2, -0.15) is 0 Å². The van der Waals surface area contributed by atoms with Crippen molar-refractivity contribution in [2.24, 2.45) is 0 Å². The van der Waals surface area contributed by atoms with Gasteiger partial charge in [0.25, 0.3) is 0 Å². The Kier molecular flexibility index (Phi) is 3.49. The van der Waals surface area contributed by atoms with Crippen molar-refractivity contribution in [2.45, 2.75) is 0 Å². The zero-order valence-electron chi connectivity index (χ0n) is 6.67. The molecule has 0 radical (unpaired) electrons. The molecule has 0 aliphatic heterocycles. The van der Waals surface area contributed by atoms with E-state index in [9.17, 15) is 14.5 Å². The van der Waals surface area contributed by atoms with E-state index in [1.807, 2.05) is 0 Å². The second kappa shape index (κ2) is 4.43. The number of halogens is 3. The molecule has 0 amide bonds. The standard InChI is InChI=1S/C7H4Cl2FNO3/c8-4-1-2-5(14-3-10)6(9)7(4)11(12)13/h1-2H,3H2. The lowest BCUT2D eigenvalue weighted by atomic mass is 10.3. The molecule has 0 fully saturated rings. The van der Waals surface area contributed by atoms with Gasteiger partial charge in [-0.3, -0.25) is 10.1 Å². The predicted molar refractivity (Wildman–Crippen MR) is 49.7 cm³/mol. The molecule has 0 saturated carbocycles. The number of rotatable bonds is 3. The van der Waals surface area contributed by atoms with E-state index in [2.05, 4.69) is 4.74 Å². The van der Waals surface area contributed by atoms with Gasteiger partial charge in [0.15, 0.2) is 5.02 Å². The molecule has 0 aromatic heterocycles. The summed E-state index contributed by atoms with van der Waals surface area (Å²) in [6.45, 7) is -1.11. The highest BCUT2D eigenvalue weighted by atomic mass is 35.5. The Morgan fingerprint density at radius 1 is 1.50 bits per heavy atom. The first-order chi connectivity index (χ1) is 6.57. The van der Waals surface area contributed by atoms with Crippen molar-refractivity contribution >= 4 is 28.9 Å². The first-order valence-corrected chi connectivity index (χ1v) is 4.14. The summed E-state index contributed by atoms with van der Waals surface area (Å²) in [6.07, 6.45) is 0. The van der Waals surface area contributed by atoms with Crippen molar-refractivity contribution in [3.63, 3.8) is 0 Å². The lowest BCUT2D eigenvalue weighted by molar-refractivity contribution is -0.384. The minimum absolute atomic E-state index is 0.106. The van der Waals surface area contributed by atoms with Crippen LogP contribution in [0.3, 0.4) is 0 Å². The van der Waals surface area contributed by atoms with Crippen LogP contribution in [0.2, 0.25) is 10.0 Å². The number of nitro groups is 1. The maximum atomic E-state index is 11.8. The van der Waals surface area contributed by atoms with Crippen molar-refractivity contribution in [3.8, 4) is 5.75 Å². The molecule has 76 valence electrons. The number of benzene rings is 1. The summed E-state index contributed by atoms with van der Waals surface area (Å²) in [5.41, 5.74) is -0.487. The average Bonchev–Trinajstić information content (AvgIpc) is 2.10. The van der Waals surface area contributed by atoms with Crippen molar-refractivity contribution in [1.82, 2.24) is 0 Å². The maximum absolute atomic E-state index is 11.8. The van der Waals surface area contributed by atoms with Gasteiger partial charge < -0.3 is 4.74 Å². The predicted octanol–water partition coefficient (Wildman–Crippen LogP) is 3.21. The van der Waals surface area contributed by atoms with Crippen LogP contribution in [-0.2, 0) is 0 Å². The van der Waals surface area contributed by atoms with Crippen LogP contribution in [0.15, 0.2) is 12.1 Å². The highest BCUT2D eigenvalue weighted by Crippen LogP contribution is 2.39. The van der Waals surface area contributed by atoms with Gasteiger partial charge in [-0.1, -0.05) is 23.2 Å². The van der Waals surface area contributed by atoms with Crippen LogP contribution in [0.25, 0.3) is 0 Å². The Hall–Kier alpha value is -1.07. The van der Waals surface area contributed by atoms with Crippen LogP contribution >= 0.6 is 23.2 Å². The second-order valence-corrected chi connectivity index (χ2v) is 3.00. The van der Waals surface area contributed by atoms with Gasteiger partial charge in [0, 0.05) is 0 Å². The van der Waals surface area contributed by atoms with Gasteiger partial charge in [0.05, 0.1) is 4.92 Å². The number of ether oxygens (including phenoxy) is 1. The third-order valence-corrected chi connectivity index (χ3v) is 2.09. The van der Waals surface area contributed by atoms with Crippen LogP contribution < -0.4 is 4.74 Å². The molecule has 0 N–H and O–H groups in total. The highest BCUT2D eigenvalue weighted by Gasteiger charge is 2.21. The zero-order valence-corrected chi connectivity index (χ0v) is 8.18. The van der Waals surface area contributed by atoms with Gasteiger partial charge >= 0.3 is 5.69 Å². The molecule has 1 rings (SSSR count). The summed E-state index contributed by atoms with van der Waals surface area (Å²) < 4.78 is 16.2. The van der Waals surface area contributed by atoms with E-state index in [1.165, 1.54) is 12.1 Å². The number of alkyl halides is 1. The second-order valence-electron chi connectivity index (χ2n) is 2.22. The molecule has 0 aliphatic carbocycles. The maximum Gasteiger partial charge on any atom is 0.310 e. The fourth-order valence-corrected chi connectivity index (χ4v) is 1.42. The molecule has 0 bridgehead atoms. The third-order valence-electron chi connectivity index (χ3n) is 1.42. The van der Waals surface area contributed by atoms with E-state index >= 15 is 0 Å². The van der Waals surface area contributed by atoms with E-state index in [0.29, 0.717) is 0 Å². The normalized spacial score (nSPS) is 9.93. The van der Waals surface area contributed by atoms with E-state index in [-0.39, 0.29) is 15.8 Å². The SMILES string of the molecule is O=[N+]([O-])c1c(Cl)ccc(OCF)c1Cl. The molecule has 0 unspecified atom stereocenters. The number of hydrogen-bond donors (Lipinski definition) is 0. The Morgan fingerprint density at radius 2 is 2.14 bits per heavy atom. The highest BCUT2D eigenvalue weighted by molar-refractivity contribution is 6.39. The number of hydrogen-bond acceptors (Lipinski definition) is 3. The van der Waals surface area contributed by atoms with Gasteiger partial charge in [0.2, 0.25) is 6.86 Å². The molecule has 0 heterocycles. The molecule has 1 aromatic rings. The summed E-state index contributed by atoms with van der Waals surface area (Å²) in [5, 5.41) is 10.1. The summed E-state index contributed by atoms with van der Waals surface area (Å²) in [6, 6.07) is 2.48. The van der Waals surface area contributed by atoms with Gasteiger partial charge in [-0.05, 0) is 12.1 Å². The van der Waals surface area contributed by atoms with Crippen LogP contribution in [0, 0.1) is 10.1 Å². The van der Waals surface area contributed by atoms with Gasteiger partial charge in [-0.25, -0.2) is 4.39 Å². The fraction of sp³-hybridized carbons (Fsp3) is 0.143. The first kappa shape index (κ1) is 11.0. The quantitative estimate of drug-likeness (QED) is 0.602. The Morgan fingerprint density at radius 3 is 2.64 bits per heavy atom. The van der Waals surface area contributed by atoms with Crippen molar-refractivity contribution in [2.75, 3.05) is 6.86 Å². The largest absolute Gasteiger partial charge is 0.461 e. The molecule has 7 heteroatoms. The molecular formula is C7H4Cl2FNO3. The van der Waals surface area contributed by atoms with E-state index in [0.717, 1.165) is 0 Å². The Balaban J connectivity index is 3.26. The summed E-state index contributed by atoms with van der Waals surface area (Å²) >= 11 is 11.1. The molecule has 0 atom stereocenters. The van der Waals surface area contributed by atoms with Crippen molar-refractivity contribution in [1.29, 1.82) is 0 Å². The topological polar surface area (TPSA) is 52.4 Å². The number of nitro benzene ring substituents is 1. The smallest absolute Gasteiger partial charge is 0.310 e. The van der Waals surface area contributed by atoms with E-state index in [4.69, 9.17) is 23.2 Å². The Bertz CT molecular complexity index is 372. The van der Waals surface area contributed by atoms with E-state index < -0.39 is 17.5 Å². The molecule has 1 aromatic carbocycles. The molecule has 4 nitrogen and oxygen atoms in total. The first-order valence-electron chi connectivity index (χ1n) is 3.39. The van der Waals surface area contributed by atoms with Crippen LogP contribution in [0.4, 0.5) is 10.1 Å². The molecule has 14 heavy (non-hydrogen) atoms.